The van der Waals surface area contributed by atoms with Crippen LogP contribution in [0.3, 0.4) is 0 Å². The second-order valence-electron chi connectivity index (χ2n) is 14.3. The molecule has 0 amide bonds. The minimum atomic E-state index is -0.641. The van der Waals surface area contributed by atoms with E-state index < -0.39 is 5.79 Å². The number of rotatable bonds is 2. The Morgan fingerprint density at radius 3 is 2.49 bits per heavy atom. The molecule has 7 rings (SSSR count). The molecule has 3 aliphatic carbocycles. The van der Waals surface area contributed by atoms with Crippen LogP contribution in [0, 0.1) is 34.5 Å². The molecule has 1 aromatic rings. The number of ether oxygens (including phenoxy) is 3. The minimum absolute atomic E-state index is 0.0722. The van der Waals surface area contributed by atoms with Crippen molar-refractivity contribution in [2.24, 2.45) is 34.5 Å². The first-order valence-electron chi connectivity index (χ1n) is 15.4. The summed E-state index contributed by atoms with van der Waals surface area (Å²) in [5.41, 5.74) is 2.21. The average molecular weight is 557 g/mol. The van der Waals surface area contributed by atoms with Gasteiger partial charge in [-0.1, -0.05) is 51.1 Å². The molecule has 6 heteroatoms. The van der Waals surface area contributed by atoms with Gasteiger partial charge in [0.25, 0.3) is 0 Å². The summed E-state index contributed by atoms with van der Waals surface area (Å²) in [7, 11) is 0. The van der Waals surface area contributed by atoms with Gasteiger partial charge in [-0.05, 0) is 97.3 Å². The van der Waals surface area contributed by atoms with Gasteiger partial charge in [-0.2, -0.15) is 0 Å². The Morgan fingerprint density at radius 2 is 1.77 bits per heavy atom. The van der Waals surface area contributed by atoms with Gasteiger partial charge in [-0.3, -0.25) is 0 Å². The van der Waals surface area contributed by atoms with Crippen LogP contribution in [0.4, 0.5) is 0 Å². The van der Waals surface area contributed by atoms with Gasteiger partial charge in [0.1, 0.15) is 6.10 Å². The van der Waals surface area contributed by atoms with Crippen LogP contribution in [0.2, 0.25) is 5.02 Å². The van der Waals surface area contributed by atoms with E-state index in [1.165, 1.54) is 32.1 Å². The summed E-state index contributed by atoms with van der Waals surface area (Å²) >= 11 is 6.06. The van der Waals surface area contributed by atoms with Gasteiger partial charge in [0.15, 0.2) is 0 Å². The van der Waals surface area contributed by atoms with Crippen LogP contribution in [0.15, 0.2) is 30.8 Å². The summed E-state index contributed by atoms with van der Waals surface area (Å²) in [4.78, 5) is 12.1. The highest BCUT2D eigenvalue weighted by Crippen LogP contribution is 2.67. The van der Waals surface area contributed by atoms with E-state index in [9.17, 15) is 0 Å². The Hall–Kier alpha value is -0.950. The SMILES string of the molecule is C=C(c1ccc(Cl)cc1)C1COC2(CC[C@@]3(C)C(CC[C@@H]4[C@@H]3CC[C@@]3(C)[C@H]4OCC34CC[C@@H](C)CO4)C2)OO1. The molecule has 6 fully saturated rings. The summed E-state index contributed by atoms with van der Waals surface area (Å²) in [5, 5.41) is 0.709. The van der Waals surface area contributed by atoms with Gasteiger partial charge >= 0.3 is 0 Å². The van der Waals surface area contributed by atoms with E-state index in [1.807, 2.05) is 24.3 Å². The molecule has 0 bridgehead atoms. The zero-order chi connectivity index (χ0) is 27.0. The Balaban J connectivity index is 1.02. The van der Waals surface area contributed by atoms with Gasteiger partial charge in [0, 0.05) is 23.3 Å². The largest absolute Gasteiger partial charge is 0.374 e. The number of benzene rings is 1. The van der Waals surface area contributed by atoms with Crippen molar-refractivity contribution in [3.63, 3.8) is 0 Å². The van der Waals surface area contributed by atoms with E-state index in [0.717, 1.165) is 50.0 Å². The average Bonchev–Trinajstić information content (AvgIpc) is 3.23. The van der Waals surface area contributed by atoms with Crippen molar-refractivity contribution in [2.75, 3.05) is 19.8 Å². The number of hydrogen-bond acceptors (Lipinski definition) is 5. The van der Waals surface area contributed by atoms with Crippen molar-refractivity contribution in [3.8, 4) is 0 Å². The lowest BCUT2D eigenvalue weighted by Crippen LogP contribution is -2.62. The second-order valence-corrected chi connectivity index (χ2v) is 14.7. The smallest absolute Gasteiger partial charge is 0.202 e. The maximum Gasteiger partial charge on any atom is 0.202 e. The fourth-order valence-corrected chi connectivity index (χ4v) is 9.81. The summed E-state index contributed by atoms with van der Waals surface area (Å²) in [5.74, 6) is 1.90. The topological polar surface area (TPSA) is 46.2 Å². The number of fused-ring (bicyclic) bond motifs is 6. The predicted octanol–water partition coefficient (Wildman–Crippen LogP) is 7.61. The second kappa shape index (κ2) is 9.54. The monoisotopic (exact) mass is 556 g/mol. The summed E-state index contributed by atoms with van der Waals surface area (Å²) in [6.07, 6.45) is 10.2. The van der Waals surface area contributed by atoms with Gasteiger partial charge in [-0.15, -0.1) is 0 Å². The molecule has 6 aliphatic rings. The van der Waals surface area contributed by atoms with Crippen LogP contribution in [0.1, 0.15) is 84.1 Å². The van der Waals surface area contributed by atoms with Crippen LogP contribution < -0.4 is 0 Å². The van der Waals surface area contributed by atoms with Crippen LogP contribution >= 0.6 is 11.6 Å². The molecule has 0 aromatic heterocycles. The first-order chi connectivity index (χ1) is 18.7. The quantitative estimate of drug-likeness (QED) is 0.351. The normalized spacial score (nSPS) is 49.3. The molecule has 3 saturated carbocycles. The maximum atomic E-state index is 6.76. The van der Waals surface area contributed by atoms with Crippen LogP contribution in [-0.4, -0.2) is 43.4 Å². The lowest BCUT2D eigenvalue weighted by atomic mass is 9.45. The molecule has 10 atom stereocenters. The van der Waals surface area contributed by atoms with Gasteiger partial charge < -0.3 is 14.2 Å². The molecule has 2 spiro atoms. The number of halogens is 1. The third kappa shape index (κ3) is 4.12. The molecule has 3 saturated heterocycles. The summed E-state index contributed by atoms with van der Waals surface area (Å²) in [6, 6.07) is 7.68. The fraction of sp³-hybridized carbons (Fsp3) is 0.758. The van der Waals surface area contributed by atoms with Crippen molar-refractivity contribution >= 4 is 17.2 Å². The Labute approximate surface area is 238 Å². The molecule has 0 N–H and O–H groups in total. The van der Waals surface area contributed by atoms with Crippen LogP contribution in [0.25, 0.3) is 5.57 Å². The highest BCUT2D eigenvalue weighted by atomic mass is 35.5. The zero-order valence-corrected chi connectivity index (χ0v) is 24.6. The van der Waals surface area contributed by atoms with E-state index in [2.05, 4.69) is 27.4 Å². The first kappa shape index (κ1) is 26.9. The van der Waals surface area contributed by atoms with Crippen LogP contribution in [0.5, 0.6) is 0 Å². The van der Waals surface area contributed by atoms with Crippen molar-refractivity contribution in [2.45, 2.75) is 102 Å². The van der Waals surface area contributed by atoms with E-state index in [0.29, 0.717) is 41.4 Å². The summed E-state index contributed by atoms with van der Waals surface area (Å²) in [6.45, 7) is 13.8. The standard InChI is InChI=1S/C33H45ClO5/c1-21-11-14-32(36-18-21)20-35-29-26-10-7-24-17-33(16-15-30(24,3)27(26)12-13-31(29,32)4)37-19-28(38-39-33)22(2)23-5-8-25(34)9-6-23/h5-6,8-9,21,24,26-29H,2,7,10-20H2,1,3-4H3/t21-,24?,26-,27+,28?,29+,30+,31+,32?,33?/m1/s1. The lowest BCUT2D eigenvalue weighted by Gasteiger charge is -2.62. The fourth-order valence-electron chi connectivity index (χ4n) is 9.68. The predicted molar refractivity (Wildman–Crippen MR) is 151 cm³/mol. The third-order valence-electron chi connectivity index (χ3n) is 12.4. The molecule has 3 aliphatic heterocycles. The zero-order valence-electron chi connectivity index (χ0n) is 23.9. The highest BCUT2D eigenvalue weighted by molar-refractivity contribution is 6.30. The maximum absolute atomic E-state index is 6.76. The Bertz CT molecular complexity index is 1090. The van der Waals surface area contributed by atoms with E-state index >= 15 is 0 Å². The Morgan fingerprint density at radius 1 is 0.949 bits per heavy atom. The van der Waals surface area contributed by atoms with Gasteiger partial charge in [0.05, 0.1) is 31.5 Å². The molecule has 39 heavy (non-hydrogen) atoms. The van der Waals surface area contributed by atoms with E-state index in [1.54, 1.807) is 0 Å². The van der Waals surface area contributed by atoms with Crippen molar-refractivity contribution in [1.82, 2.24) is 0 Å². The van der Waals surface area contributed by atoms with Gasteiger partial charge in [-0.25, -0.2) is 9.78 Å². The minimum Gasteiger partial charge on any atom is -0.374 e. The molecule has 5 nitrogen and oxygen atoms in total. The van der Waals surface area contributed by atoms with Crippen molar-refractivity contribution in [3.05, 3.63) is 41.4 Å². The molecule has 3 heterocycles. The summed E-state index contributed by atoms with van der Waals surface area (Å²) < 4.78 is 19.9. The molecule has 4 unspecified atom stereocenters. The van der Waals surface area contributed by atoms with Gasteiger partial charge in [0.2, 0.25) is 5.79 Å². The van der Waals surface area contributed by atoms with Crippen LogP contribution in [-0.2, 0) is 24.0 Å². The Kier molecular flexibility index (Phi) is 6.58. The molecular weight excluding hydrogens is 512 g/mol. The van der Waals surface area contributed by atoms with Crippen molar-refractivity contribution in [1.29, 1.82) is 0 Å². The first-order valence-corrected chi connectivity index (χ1v) is 15.7. The van der Waals surface area contributed by atoms with Crippen molar-refractivity contribution < 1.29 is 24.0 Å². The number of hydrogen-bond donors (Lipinski definition) is 0. The highest BCUT2D eigenvalue weighted by Gasteiger charge is 2.68. The molecular formula is C33H45ClO5. The molecule has 0 radical (unpaired) electrons. The molecule has 1 aromatic carbocycles. The third-order valence-corrected chi connectivity index (χ3v) is 12.6. The van der Waals surface area contributed by atoms with E-state index in [-0.39, 0.29) is 22.5 Å². The molecule has 214 valence electrons. The van der Waals surface area contributed by atoms with E-state index in [4.69, 9.17) is 35.6 Å². The lowest BCUT2D eigenvalue weighted by molar-refractivity contribution is -0.489.